The first-order valence-electron chi connectivity index (χ1n) is 38.1. The van der Waals surface area contributed by atoms with Crippen LogP contribution in [-0.4, -0.2) is 4.70 Å². The van der Waals surface area contributed by atoms with Crippen LogP contribution in [0.25, 0.3) is 16.9 Å². The molecule has 490 valence electrons. The monoisotopic (exact) mass is 1210 g/mol. The smallest absolute Gasteiger partial charge is 0.0654 e. The molecule has 3 heteroatoms. The van der Waals surface area contributed by atoms with Gasteiger partial charge in [-0.2, -0.15) is 0 Å². The zero-order valence-corrected chi connectivity index (χ0v) is 58.8. The third-order valence-electron chi connectivity index (χ3n) is 18.1. The molecule has 0 saturated carbocycles. The molecule has 2 aromatic rings. The zero-order valence-electron chi connectivity index (χ0n) is 57.8. The number of aryl methyl sites for hydroxylation is 2. The van der Waals surface area contributed by atoms with Gasteiger partial charge in [0.2, 0.25) is 11.4 Å². The van der Waals surface area contributed by atoms with Gasteiger partial charge in [-0.15, -0.1) is 0 Å². The van der Waals surface area contributed by atoms with Gasteiger partial charge >= 0.3 is 166 Å². The van der Waals surface area contributed by atoms with Gasteiger partial charge < -0.3 is 5.53 Å². The fraction of sp³-hybridized carbons (Fsp3) is 0.780. The molecule has 0 amide bonds. The number of nitrogens with zero attached hydrogens (tertiary/aromatic N) is 2. The summed E-state index contributed by atoms with van der Waals surface area (Å²) >= 11 is 2.05. The molecule has 0 bridgehead atoms. The van der Waals surface area contributed by atoms with Crippen molar-refractivity contribution in [2.24, 2.45) is 0 Å². The first-order chi connectivity index (χ1) is 42.1. The summed E-state index contributed by atoms with van der Waals surface area (Å²) in [5, 5.41) is 2.87. The van der Waals surface area contributed by atoms with E-state index in [4.69, 9.17) is 0 Å². The van der Waals surface area contributed by atoms with Crippen LogP contribution in [0.3, 0.4) is 0 Å². The van der Waals surface area contributed by atoms with Crippen molar-refractivity contribution in [3.8, 4) is 11.8 Å². The molecule has 0 saturated heterocycles. The Balaban J connectivity index is 0.000000583. The molecule has 2 aromatic carbocycles. The first kappa shape index (κ1) is 78.7. The molecule has 1 aliphatic rings. The fourth-order valence-corrected chi connectivity index (χ4v) is 13.7. The van der Waals surface area contributed by atoms with Gasteiger partial charge in [-0.1, -0.05) is 245 Å². The van der Waals surface area contributed by atoms with Crippen LogP contribution in [0.2, 0.25) is 10.8 Å². The van der Waals surface area contributed by atoms with Crippen molar-refractivity contribution < 1.29 is 19.1 Å². The molecule has 0 radical (unpaired) electrons. The second-order valence-corrected chi connectivity index (χ2v) is 27.8. The minimum Gasteiger partial charge on any atom is -0.0654 e. The molecule has 0 fully saturated rings. The quantitative estimate of drug-likeness (QED) is 0.0273. The van der Waals surface area contributed by atoms with Crippen LogP contribution >= 0.6 is 0 Å². The second kappa shape index (κ2) is 60.5. The van der Waals surface area contributed by atoms with E-state index in [1.807, 2.05) is 14.4 Å². The third-order valence-corrected chi connectivity index (χ3v) is 19.5. The van der Waals surface area contributed by atoms with Gasteiger partial charge in [-0.3, -0.25) is 0 Å². The van der Waals surface area contributed by atoms with Crippen molar-refractivity contribution in [2.45, 2.75) is 412 Å². The summed E-state index contributed by atoms with van der Waals surface area (Å²) in [5.74, 6) is 7.03. The molecule has 2 nitrogen and oxygen atoms in total. The first-order valence-corrected chi connectivity index (χ1v) is 39.5. The summed E-state index contributed by atoms with van der Waals surface area (Å²) in [6.07, 6.45) is 77.7. The molecule has 0 atom stereocenters. The second-order valence-electron chi connectivity index (χ2n) is 26.3. The molecule has 0 unspecified atom stereocenters. The molecule has 0 aliphatic carbocycles. The molecule has 85 heavy (non-hydrogen) atoms. The van der Waals surface area contributed by atoms with Crippen molar-refractivity contribution in [3.63, 3.8) is 0 Å². The van der Waals surface area contributed by atoms with Crippen molar-refractivity contribution in [3.05, 3.63) is 87.5 Å². The zero-order chi connectivity index (χ0) is 61.0. The van der Waals surface area contributed by atoms with E-state index in [-0.39, 0.29) is 0 Å². The van der Waals surface area contributed by atoms with Crippen LogP contribution in [-0.2, 0) is 27.3 Å². The normalized spacial score (nSPS) is 12.4. The SMILES string of the molecule is CCCCC#CC1=C(c2cccc(CCCCCC)c2)[N+](=[N-])C(c2cccc(CCCCCC)c2)=C1CCCC.CCCCCCCCCCCCCCCCCCCCC[CH2][Ni][CH2]CCCCCCCCCCCCCCCCCCCCC. The van der Waals surface area contributed by atoms with Gasteiger partial charge in [0.25, 0.3) is 0 Å². The van der Waals surface area contributed by atoms with Gasteiger partial charge in [-0.25, -0.2) is 4.70 Å². The maximum absolute atomic E-state index is 11.9. The van der Waals surface area contributed by atoms with Crippen LogP contribution in [0.1, 0.15) is 411 Å². The van der Waals surface area contributed by atoms with E-state index in [1.165, 1.54) is 340 Å². The van der Waals surface area contributed by atoms with Gasteiger partial charge in [0.1, 0.15) is 5.57 Å². The van der Waals surface area contributed by atoms with Crippen LogP contribution in [0.15, 0.2) is 59.7 Å². The Morgan fingerprint density at radius 1 is 0.318 bits per heavy atom. The van der Waals surface area contributed by atoms with Crippen molar-refractivity contribution in [1.82, 2.24) is 0 Å². The summed E-state index contributed by atoms with van der Waals surface area (Å²) in [6.45, 7) is 13.6. The summed E-state index contributed by atoms with van der Waals surface area (Å²) < 4.78 is 1.47. The van der Waals surface area contributed by atoms with E-state index in [9.17, 15) is 5.53 Å². The van der Waals surface area contributed by atoms with Crippen molar-refractivity contribution >= 4 is 11.4 Å². The van der Waals surface area contributed by atoms with E-state index in [0.717, 1.165) is 79.5 Å². The number of unbranched alkanes of at least 4 members (excludes halogenated alkanes) is 47. The predicted molar refractivity (Wildman–Crippen MR) is 379 cm³/mol. The van der Waals surface area contributed by atoms with Crippen LogP contribution < -0.4 is 0 Å². The summed E-state index contributed by atoms with van der Waals surface area (Å²) in [5.41, 5.74) is 20.8. The van der Waals surface area contributed by atoms with E-state index in [1.54, 1.807) is 0 Å². The standard InChI is InChI=1S/C38H52N2.2C22H45.Ni/c1-5-9-13-16-21-31-23-19-25-33(29-31)37-35(27-12-8-4)36(28-18-15-11-7-3)38(40(37)39)34-26-20-24-32(30-34)22-17-14-10-6-2;2*1-3-5-7-9-11-13-15-17-19-21-22-20-18-16-14-12-10-8-6-4-2;/h19-20,23-26,29-30H,5-17,21-22,27H2,1-4H3;2*1,3-22H2,2H3;. The average Bonchev–Trinajstić information content (AvgIpc) is 2.05. The summed E-state index contributed by atoms with van der Waals surface area (Å²) in [4.78, 5) is 0. The maximum atomic E-state index is 11.9. The van der Waals surface area contributed by atoms with Crippen LogP contribution in [0.4, 0.5) is 0 Å². The van der Waals surface area contributed by atoms with E-state index in [0.29, 0.717) is 0 Å². The minimum atomic E-state index is 0.855. The van der Waals surface area contributed by atoms with Crippen molar-refractivity contribution in [1.29, 1.82) is 0 Å². The van der Waals surface area contributed by atoms with E-state index < -0.39 is 0 Å². The summed E-state index contributed by atoms with van der Waals surface area (Å²) in [7, 11) is 0. The van der Waals surface area contributed by atoms with Crippen LogP contribution in [0.5, 0.6) is 0 Å². The Morgan fingerprint density at radius 2 is 0.612 bits per heavy atom. The predicted octanol–water partition coefficient (Wildman–Crippen LogP) is 29.0. The van der Waals surface area contributed by atoms with Gasteiger partial charge in [0.05, 0.1) is 0 Å². The van der Waals surface area contributed by atoms with E-state index in [2.05, 4.69) is 102 Å². The molecule has 1 heterocycles. The van der Waals surface area contributed by atoms with Gasteiger partial charge in [0, 0.05) is 23.1 Å². The van der Waals surface area contributed by atoms with Crippen LogP contribution in [0, 0.1) is 11.8 Å². The minimum absolute atomic E-state index is 0.855. The number of allylic oxidation sites excluding steroid dienone is 2. The molecule has 0 aromatic heterocycles. The summed E-state index contributed by atoms with van der Waals surface area (Å²) in [6, 6.07) is 17.7. The average molecular weight is 1210 g/mol. The van der Waals surface area contributed by atoms with E-state index >= 15 is 0 Å². The molecule has 0 spiro atoms. The van der Waals surface area contributed by atoms with Gasteiger partial charge in [-0.05, 0) is 80.3 Å². The van der Waals surface area contributed by atoms with Gasteiger partial charge in [0.15, 0.2) is 0 Å². The topological polar surface area (TPSA) is 25.3 Å². The number of hydrogen-bond donors (Lipinski definition) is 0. The molecular formula is C82H142N2Ni. The Labute approximate surface area is 538 Å². The Morgan fingerprint density at radius 3 is 0.941 bits per heavy atom. The molecule has 3 rings (SSSR count). The molecule has 0 N–H and O–H groups in total. The number of rotatable bonds is 59. The number of hydrogen-bond acceptors (Lipinski definition) is 0. The fourth-order valence-electron chi connectivity index (χ4n) is 12.5. The Kier molecular flexibility index (Phi) is 56.0. The number of benzene rings is 2. The Hall–Kier alpha value is -2.43. The molecule has 1 aliphatic heterocycles. The third kappa shape index (κ3) is 43.0. The Bertz CT molecular complexity index is 1900. The van der Waals surface area contributed by atoms with Crippen molar-refractivity contribution in [2.75, 3.05) is 0 Å². The molecular weight excluding hydrogens is 1070 g/mol.